The SMILES string of the molecule is CCOC(=O)C1CCCCN1C(=O)CCc1ccccc1. The molecule has 1 aliphatic rings. The number of hydrogen-bond donors (Lipinski definition) is 0. The van der Waals surface area contributed by atoms with E-state index in [2.05, 4.69) is 0 Å². The molecule has 1 amide bonds. The van der Waals surface area contributed by atoms with Crippen LogP contribution in [-0.4, -0.2) is 36.0 Å². The van der Waals surface area contributed by atoms with Gasteiger partial charge in [-0.05, 0) is 38.2 Å². The summed E-state index contributed by atoms with van der Waals surface area (Å²) in [6, 6.07) is 9.57. The number of nitrogens with zero attached hydrogens (tertiary/aromatic N) is 1. The third-order valence-corrected chi connectivity index (χ3v) is 3.85. The molecule has 114 valence electrons. The summed E-state index contributed by atoms with van der Waals surface area (Å²) in [4.78, 5) is 26.1. The fourth-order valence-electron chi connectivity index (χ4n) is 2.75. The number of aryl methyl sites for hydroxylation is 1. The zero-order valence-electron chi connectivity index (χ0n) is 12.6. The van der Waals surface area contributed by atoms with E-state index in [1.807, 2.05) is 30.3 Å². The Hall–Kier alpha value is -1.84. The largest absolute Gasteiger partial charge is 0.464 e. The quantitative estimate of drug-likeness (QED) is 0.783. The number of hydrogen-bond acceptors (Lipinski definition) is 3. The van der Waals surface area contributed by atoms with Crippen LogP contribution < -0.4 is 0 Å². The van der Waals surface area contributed by atoms with Crippen molar-refractivity contribution in [2.24, 2.45) is 0 Å². The van der Waals surface area contributed by atoms with Gasteiger partial charge in [-0.3, -0.25) is 4.79 Å². The Balaban J connectivity index is 1.93. The molecule has 0 saturated carbocycles. The minimum atomic E-state index is -0.387. The van der Waals surface area contributed by atoms with Crippen molar-refractivity contribution in [3.8, 4) is 0 Å². The maximum absolute atomic E-state index is 12.4. The van der Waals surface area contributed by atoms with Gasteiger partial charge in [0.2, 0.25) is 5.91 Å². The number of carbonyl (C=O) groups excluding carboxylic acids is 2. The minimum absolute atomic E-state index is 0.0524. The molecule has 1 aliphatic heterocycles. The Labute approximate surface area is 126 Å². The van der Waals surface area contributed by atoms with Crippen LogP contribution in [0.2, 0.25) is 0 Å². The van der Waals surface area contributed by atoms with Crippen molar-refractivity contribution in [1.29, 1.82) is 0 Å². The number of carbonyl (C=O) groups is 2. The van der Waals surface area contributed by atoms with Crippen LogP contribution in [0.5, 0.6) is 0 Å². The average molecular weight is 289 g/mol. The smallest absolute Gasteiger partial charge is 0.328 e. The third-order valence-electron chi connectivity index (χ3n) is 3.85. The molecule has 4 heteroatoms. The van der Waals surface area contributed by atoms with Crippen molar-refractivity contribution in [3.05, 3.63) is 35.9 Å². The fourth-order valence-corrected chi connectivity index (χ4v) is 2.75. The number of amides is 1. The van der Waals surface area contributed by atoms with Crippen molar-refractivity contribution in [1.82, 2.24) is 4.90 Å². The molecule has 1 atom stereocenters. The molecule has 0 spiro atoms. The lowest BCUT2D eigenvalue weighted by atomic mass is 10.0. The summed E-state index contributed by atoms with van der Waals surface area (Å²) in [6.07, 6.45) is 3.82. The van der Waals surface area contributed by atoms with Crippen LogP contribution in [0.4, 0.5) is 0 Å². The summed E-state index contributed by atoms with van der Waals surface area (Å²) in [5.41, 5.74) is 1.15. The molecule has 2 rings (SSSR count). The van der Waals surface area contributed by atoms with Gasteiger partial charge < -0.3 is 9.64 Å². The zero-order chi connectivity index (χ0) is 15.1. The molecule has 0 radical (unpaired) electrons. The summed E-state index contributed by atoms with van der Waals surface area (Å²) in [7, 11) is 0. The first-order valence-electron chi connectivity index (χ1n) is 7.72. The topological polar surface area (TPSA) is 46.6 Å². The van der Waals surface area contributed by atoms with Gasteiger partial charge in [-0.1, -0.05) is 30.3 Å². The summed E-state index contributed by atoms with van der Waals surface area (Å²) < 4.78 is 5.09. The third kappa shape index (κ3) is 4.31. The lowest BCUT2D eigenvalue weighted by Crippen LogP contribution is -2.48. The first-order chi connectivity index (χ1) is 10.2. The molecule has 21 heavy (non-hydrogen) atoms. The molecule has 1 fully saturated rings. The summed E-state index contributed by atoms with van der Waals surface area (Å²) in [6.45, 7) is 2.82. The first-order valence-corrected chi connectivity index (χ1v) is 7.72. The highest BCUT2D eigenvalue weighted by Crippen LogP contribution is 2.20. The number of esters is 1. The molecule has 0 bridgehead atoms. The van der Waals surface area contributed by atoms with Gasteiger partial charge in [0, 0.05) is 13.0 Å². The van der Waals surface area contributed by atoms with Gasteiger partial charge in [-0.2, -0.15) is 0 Å². The Morgan fingerprint density at radius 2 is 2.00 bits per heavy atom. The van der Waals surface area contributed by atoms with Crippen LogP contribution in [0.25, 0.3) is 0 Å². The summed E-state index contributed by atoms with van der Waals surface area (Å²) >= 11 is 0. The minimum Gasteiger partial charge on any atom is -0.464 e. The van der Waals surface area contributed by atoms with Crippen molar-refractivity contribution in [2.75, 3.05) is 13.2 Å². The monoisotopic (exact) mass is 289 g/mol. The van der Waals surface area contributed by atoms with E-state index in [1.165, 1.54) is 0 Å². The van der Waals surface area contributed by atoms with E-state index in [0.717, 1.165) is 24.8 Å². The number of likely N-dealkylation sites (tertiary alicyclic amines) is 1. The maximum Gasteiger partial charge on any atom is 0.328 e. The molecular formula is C17H23NO3. The predicted molar refractivity (Wildman–Crippen MR) is 80.7 cm³/mol. The Bertz CT molecular complexity index is 472. The molecule has 4 nitrogen and oxygen atoms in total. The van der Waals surface area contributed by atoms with E-state index in [1.54, 1.807) is 11.8 Å². The van der Waals surface area contributed by atoms with Gasteiger partial charge in [-0.25, -0.2) is 4.79 Å². The second-order valence-electron chi connectivity index (χ2n) is 5.34. The number of benzene rings is 1. The molecule has 0 N–H and O–H groups in total. The van der Waals surface area contributed by atoms with Crippen molar-refractivity contribution in [3.63, 3.8) is 0 Å². The van der Waals surface area contributed by atoms with Crippen LogP contribution in [0.3, 0.4) is 0 Å². The van der Waals surface area contributed by atoms with E-state index in [9.17, 15) is 9.59 Å². The molecule has 1 heterocycles. The van der Waals surface area contributed by atoms with Crippen molar-refractivity contribution < 1.29 is 14.3 Å². The lowest BCUT2D eigenvalue weighted by molar-refractivity contribution is -0.156. The predicted octanol–water partition coefficient (Wildman–Crippen LogP) is 2.56. The van der Waals surface area contributed by atoms with Gasteiger partial charge in [-0.15, -0.1) is 0 Å². The van der Waals surface area contributed by atoms with Crippen molar-refractivity contribution >= 4 is 11.9 Å². The number of piperidine rings is 1. The van der Waals surface area contributed by atoms with Crippen LogP contribution in [-0.2, 0) is 20.7 Å². The highest BCUT2D eigenvalue weighted by molar-refractivity contribution is 5.84. The average Bonchev–Trinajstić information content (AvgIpc) is 2.54. The van der Waals surface area contributed by atoms with E-state index in [-0.39, 0.29) is 17.9 Å². The molecule has 1 aromatic rings. The summed E-state index contributed by atoms with van der Waals surface area (Å²) in [5.74, 6) is -0.207. The molecule has 0 aliphatic carbocycles. The normalized spacial score (nSPS) is 18.3. The van der Waals surface area contributed by atoms with Crippen LogP contribution in [0, 0.1) is 0 Å². The van der Waals surface area contributed by atoms with E-state index >= 15 is 0 Å². The Morgan fingerprint density at radius 3 is 2.71 bits per heavy atom. The molecule has 0 aromatic heterocycles. The number of ether oxygens (including phenoxy) is 1. The van der Waals surface area contributed by atoms with Gasteiger partial charge in [0.15, 0.2) is 0 Å². The van der Waals surface area contributed by atoms with Crippen molar-refractivity contribution in [2.45, 2.75) is 45.1 Å². The van der Waals surface area contributed by atoms with Crippen LogP contribution in [0.15, 0.2) is 30.3 Å². The number of rotatable bonds is 5. The van der Waals surface area contributed by atoms with Gasteiger partial charge in [0.25, 0.3) is 0 Å². The molecule has 1 aromatic carbocycles. The maximum atomic E-state index is 12.4. The second-order valence-corrected chi connectivity index (χ2v) is 5.34. The fraction of sp³-hybridized carbons (Fsp3) is 0.529. The second kappa shape index (κ2) is 7.81. The van der Waals surface area contributed by atoms with Gasteiger partial charge in [0.1, 0.15) is 6.04 Å². The first kappa shape index (κ1) is 15.5. The highest BCUT2D eigenvalue weighted by atomic mass is 16.5. The highest BCUT2D eigenvalue weighted by Gasteiger charge is 2.32. The van der Waals surface area contributed by atoms with Crippen LogP contribution >= 0.6 is 0 Å². The summed E-state index contributed by atoms with van der Waals surface area (Å²) in [5, 5.41) is 0. The van der Waals surface area contributed by atoms with E-state index in [0.29, 0.717) is 26.0 Å². The lowest BCUT2D eigenvalue weighted by Gasteiger charge is -2.34. The molecule has 1 saturated heterocycles. The van der Waals surface area contributed by atoms with Gasteiger partial charge in [0.05, 0.1) is 6.61 Å². The van der Waals surface area contributed by atoms with E-state index in [4.69, 9.17) is 4.74 Å². The van der Waals surface area contributed by atoms with E-state index < -0.39 is 0 Å². The zero-order valence-corrected chi connectivity index (χ0v) is 12.6. The standard InChI is InChI=1S/C17H23NO3/c1-2-21-17(20)15-10-6-7-13-18(15)16(19)12-11-14-8-4-3-5-9-14/h3-5,8-9,15H,2,6-7,10-13H2,1H3. The molecular weight excluding hydrogens is 266 g/mol. The Morgan fingerprint density at radius 1 is 1.24 bits per heavy atom. The van der Waals surface area contributed by atoms with Gasteiger partial charge >= 0.3 is 5.97 Å². The van der Waals surface area contributed by atoms with Crippen LogP contribution in [0.1, 0.15) is 38.2 Å². The molecule has 1 unspecified atom stereocenters. The Kier molecular flexibility index (Phi) is 5.78.